The van der Waals surface area contributed by atoms with Gasteiger partial charge in [-0.25, -0.2) is 0 Å². The van der Waals surface area contributed by atoms with Gasteiger partial charge in [0.05, 0.1) is 13.2 Å². The molecule has 2 heterocycles. The van der Waals surface area contributed by atoms with E-state index in [2.05, 4.69) is 30.9 Å². The van der Waals surface area contributed by atoms with Crippen LogP contribution in [0.3, 0.4) is 0 Å². The van der Waals surface area contributed by atoms with Gasteiger partial charge >= 0.3 is 0 Å². The molecule has 1 saturated heterocycles. The molecule has 0 radical (unpaired) electrons. The van der Waals surface area contributed by atoms with E-state index >= 15 is 0 Å². The molecule has 128 valence electrons. The number of aryl methyl sites for hydroxylation is 1. The molecule has 6 nitrogen and oxygen atoms in total. The van der Waals surface area contributed by atoms with Crippen LogP contribution < -0.4 is 0 Å². The zero-order chi connectivity index (χ0) is 17.3. The zero-order valence-electron chi connectivity index (χ0n) is 14.6. The Hall–Kier alpha value is -2.21. The highest BCUT2D eigenvalue weighted by atomic mass is 16.5. The van der Waals surface area contributed by atoms with Crippen LogP contribution in [-0.2, 0) is 10.2 Å². The van der Waals surface area contributed by atoms with Crippen molar-refractivity contribution in [2.24, 2.45) is 0 Å². The Morgan fingerprint density at radius 3 is 2.54 bits per heavy atom. The van der Waals surface area contributed by atoms with Gasteiger partial charge in [-0.15, -0.1) is 0 Å². The number of rotatable bonds is 2. The lowest BCUT2D eigenvalue weighted by atomic mass is 9.86. The Bertz CT molecular complexity index is 716. The average molecular weight is 329 g/mol. The van der Waals surface area contributed by atoms with Crippen molar-refractivity contribution in [1.29, 1.82) is 0 Å². The van der Waals surface area contributed by atoms with Crippen LogP contribution in [0.15, 0.2) is 28.8 Å². The second kappa shape index (κ2) is 6.36. The maximum atomic E-state index is 12.7. The van der Waals surface area contributed by atoms with Crippen LogP contribution in [0.2, 0.25) is 0 Å². The quantitative estimate of drug-likeness (QED) is 0.847. The van der Waals surface area contributed by atoms with Crippen LogP contribution >= 0.6 is 0 Å². The molecule has 0 spiro atoms. The molecule has 1 aromatic carbocycles. The van der Waals surface area contributed by atoms with E-state index in [1.54, 1.807) is 11.8 Å². The van der Waals surface area contributed by atoms with E-state index in [1.165, 1.54) is 5.56 Å². The highest BCUT2D eigenvalue weighted by molar-refractivity contribution is 5.94. The monoisotopic (exact) mass is 329 g/mol. The van der Waals surface area contributed by atoms with Gasteiger partial charge in [-0.2, -0.15) is 4.98 Å². The van der Waals surface area contributed by atoms with Crippen molar-refractivity contribution in [2.75, 3.05) is 19.7 Å². The van der Waals surface area contributed by atoms with Crippen LogP contribution in [0.5, 0.6) is 0 Å². The Kier molecular flexibility index (Phi) is 4.41. The first kappa shape index (κ1) is 16.6. The van der Waals surface area contributed by atoms with E-state index in [4.69, 9.17) is 9.26 Å². The first-order valence-corrected chi connectivity index (χ1v) is 8.16. The molecule has 0 bridgehead atoms. The van der Waals surface area contributed by atoms with Gasteiger partial charge in [-0.05, 0) is 23.1 Å². The fraction of sp³-hybridized carbons (Fsp3) is 0.500. The number of carbonyl (C=O) groups excluding carboxylic acids is 1. The van der Waals surface area contributed by atoms with Gasteiger partial charge in [0.15, 0.2) is 0 Å². The summed E-state index contributed by atoms with van der Waals surface area (Å²) in [6, 6.07) is 7.83. The highest BCUT2D eigenvalue weighted by Crippen LogP contribution is 2.24. The predicted octanol–water partition coefficient (Wildman–Crippen LogP) is 2.89. The number of ether oxygens (including phenoxy) is 1. The van der Waals surface area contributed by atoms with Crippen molar-refractivity contribution >= 4 is 5.91 Å². The fourth-order valence-electron chi connectivity index (χ4n) is 2.73. The number of benzene rings is 1. The number of amides is 1. The summed E-state index contributed by atoms with van der Waals surface area (Å²) in [6.07, 6.45) is -0.339. The molecule has 6 heteroatoms. The van der Waals surface area contributed by atoms with E-state index in [-0.39, 0.29) is 17.4 Å². The third-order valence-electron chi connectivity index (χ3n) is 4.18. The third-order valence-corrected chi connectivity index (χ3v) is 4.18. The van der Waals surface area contributed by atoms with Gasteiger partial charge < -0.3 is 14.2 Å². The van der Waals surface area contributed by atoms with Gasteiger partial charge in [0.1, 0.15) is 6.10 Å². The van der Waals surface area contributed by atoms with Gasteiger partial charge in [-0.3, -0.25) is 4.79 Å². The number of hydrogen-bond donors (Lipinski definition) is 0. The van der Waals surface area contributed by atoms with Gasteiger partial charge in [0.25, 0.3) is 5.91 Å². The number of hydrogen-bond acceptors (Lipinski definition) is 5. The Morgan fingerprint density at radius 2 is 1.96 bits per heavy atom. The summed E-state index contributed by atoms with van der Waals surface area (Å²) in [5, 5.41) is 3.90. The summed E-state index contributed by atoms with van der Waals surface area (Å²) in [4.78, 5) is 18.7. The van der Waals surface area contributed by atoms with Crippen molar-refractivity contribution in [3.05, 3.63) is 47.1 Å². The van der Waals surface area contributed by atoms with Crippen molar-refractivity contribution in [3.8, 4) is 0 Å². The molecule has 24 heavy (non-hydrogen) atoms. The maximum absolute atomic E-state index is 12.7. The predicted molar refractivity (Wildman–Crippen MR) is 88.8 cm³/mol. The molecule has 1 atom stereocenters. The second-order valence-corrected chi connectivity index (χ2v) is 7.11. The lowest BCUT2D eigenvalue weighted by Crippen LogP contribution is -2.42. The van der Waals surface area contributed by atoms with E-state index in [0.717, 1.165) is 0 Å². The first-order chi connectivity index (χ1) is 11.3. The van der Waals surface area contributed by atoms with Crippen molar-refractivity contribution < 1.29 is 14.1 Å². The van der Waals surface area contributed by atoms with Crippen LogP contribution in [0, 0.1) is 6.92 Å². The number of nitrogens with zero attached hydrogens (tertiary/aromatic N) is 3. The Labute approximate surface area is 141 Å². The Balaban J connectivity index is 1.72. The lowest BCUT2D eigenvalue weighted by Gasteiger charge is -2.31. The number of carbonyl (C=O) groups is 1. The van der Waals surface area contributed by atoms with E-state index in [1.807, 2.05) is 24.3 Å². The molecular weight excluding hydrogens is 306 g/mol. The topological polar surface area (TPSA) is 68.5 Å². The molecule has 0 saturated carbocycles. The summed E-state index contributed by atoms with van der Waals surface area (Å²) >= 11 is 0. The largest absolute Gasteiger partial charge is 0.366 e. The summed E-state index contributed by atoms with van der Waals surface area (Å²) in [6.45, 7) is 9.66. The second-order valence-electron chi connectivity index (χ2n) is 7.11. The van der Waals surface area contributed by atoms with E-state index in [9.17, 15) is 4.79 Å². The molecule has 1 fully saturated rings. The highest BCUT2D eigenvalue weighted by Gasteiger charge is 2.29. The van der Waals surface area contributed by atoms with Crippen molar-refractivity contribution in [2.45, 2.75) is 39.2 Å². The van der Waals surface area contributed by atoms with Crippen LogP contribution in [-0.4, -0.2) is 40.6 Å². The minimum Gasteiger partial charge on any atom is -0.366 e. The van der Waals surface area contributed by atoms with Gasteiger partial charge in [-0.1, -0.05) is 38.1 Å². The first-order valence-electron chi connectivity index (χ1n) is 8.16. The third kappa shape index (κ3) is 3.48. The van der Waals surface area contributed by atoms with Crippen molar-refractivity contribution in [1.82, 2.24) is 15.0 Å². The van der Waals surface area contributed by atoms with E-state index in [0.29, 0.717) is 37.0 Å². The van der Waals surface area contributed by atoms with Crippen LogP contribution in [0.1, 0.15) is 54.5 Å². The molecule has 1 aliphatic heterocycles. The smallest absolute Gasteiger partial charge is 0.254 e. The zero-order valence-corrected chi connectivity index (χ0v) is 14.6. The standard InChI is InChI=1S/C18H23N3O3/c1-12-19-16(20-24-12)15-11-21(9-10-23-15)17(22)13-5-7-14(8-6-13)18(2,3)4/h5-8,15H,9-11H2,1-4H3/t15-/m1/s1. The summed E-state index contributed by atoms with van der Waals surface area (Å²) in [5.41, 5.74) is 1.97. The maximum Gasteiger partial charge on any atom is 0.254 e. The average Bonchev–Trinajstić information content (AvgIpc) is 3.00. The molecule has 3 rings (SSSR count). The van der Waals surface area contributed by atoms with Gasteiger partial charge in [0.2, 0.25) is 11.7 Å². The molecule has 0 N–H and O–H groups in total. The molecular formula is C18H23N3O3. The number of aromatic nitrogens is 2. The fourth-order valence-corrected chi connectivity index (χ4v) is 2.73. The van der Waals surface area contributed by atoms with Crippen LogP contribution in [0.25, 0.3) is 0 Å². The molecule has 0 unspecified atom stereocenters. The van der Waals surface area contributed by atoms with Crippen LogP contribution in [0.4, 0.5) is 0 Å². The summed E-state index contributed by atoms with van der Waals surface area (Å²) in [7, 11) is 0. The molecule has 0 aliphatic carbocycles. The lowest BCUT2D eigenvalue weighted by molar-refractivity contribution is -0.0276. The normalized spacial score (nSPS) is 18.7. The molecule has 1 amide bonds. The molecule has 2 aromatic rings. The van der Waals surface area contributed by atoms with E-state index < -0.39 is 0 Å². The minimum absolute atomic E-state index is 0.00368. The minimum atomic E-state index is -0.339. The summed E-state index contributed by atoms with van der Waals surface area (Å²) in [5.74, 6) is 0.992. The Morgan fingerprint density at radius 1 is 1.25 bits per heavy atom. The summed E-state index contributed by atoms with van der Waals surface area (Å²) < 4.78 is 10.7. The molecule has 1 aromatic heterocycles. The van der Waals surface area contributed by atoms with Gasteiger partial charge in [0, 0.05) is 19.0 Å². The SMILES string of the molecule is Cc1nc([C@H]2CN(C(=O)c3ccc(C(C)(C)C)cc3)CCO2)no1. The molecule has 1 aliphatic rings. The number of morpholine rings is 1. The van der Waals surface area contributed by atoms with Crippen molar-refractivity contribution in [3.63, 3.8) is 0 Å².